The summed E-state index contributed by atoms with van der Waals surface area (Å²) in [6, 6.07) is 12.5. The van der Waals surface area contributed by atoms with E-state index in [0.29, 0.717) is 0 Å². The van der Waals surface area contributed by atoms with E-state index in [1.807, 2.05) is 6.07 Å². The van der Waals surface area contributed by atoms with Crippen LogP contribution in [0.25, 0.3) is 0 Å². The minimum atomic E-state index is 0.743. The smallest absolute Gasteiger partial charge is 0.123 e. The van der Waals surface area contributed by atoms with Crippen LogP contribution in [0.5, 0.6) is 5.75 Å². The molecule has 2 nitrogen and oxygen atoms in total. The summed E-state index contributed by atoms with van der Waals surface area (Å²) in [6.07, 6.45) is 0. The Bertz CT molecular complexity index is 581. The standard InChI is InChI=1S/C16H18BrNO/c1-11-5-7-16(19-3)13(8-11)10-18-15-9-12(2)4-6-14(15)17/h4-9,18H,10H2,1-3H3. The molecule has 0 amide bonds. The van der Waals surface area contributed by atoms with Gasteiger partial charge < -0.3 is 10.1 Å². The van der Waals surface area contributed by atoms with Gasteiger partial charge >= 0.3 is 0 Å². The van der Waals surface area contributed by atoms with Crippen LogP contribution in [-0.4, -0.2) is 7.11 Å². The maximum Gasteiger partial charge on any atom is 0.123 e. The zero-order chi connectivity index (χ0) is 13.8. The Morgan fingerprint density at radius 1 is 1.05 bits per heavy atom. The molecule has 0 aromatic heterocycles. The minimum Gasteiger partial charge on any atom is -0.496 e. The zero-order valence-electron chi connectivity index (χ0n) is 11.5. The molecular formula is C16H18BrNO. The van der Waals surface area contributed by atoms with Gasteiger partial charge in [-0.05, 0) is 53.5 Å². The molecule has 0 heterocycles. The summed E-state index contributed by atoms with van der Waals surface area (Å²) in [6.45, 7) is 4.92. The van der Waals surface area contributed by atoms with Crippen LogP contribution in [0.3, 0.4) is 0 Å². The highest BCUT2D eigenvalue weighted by Gasteiger charge is 2.05. The molecule has 2 rings (SSSR count). The van der Waals surface area contributed by atoms with Crippen molar-refractivity contribution in [1.82, 2.24) is 0 Å². The summed E-state index contributed by atoms with van der Waals surface area (Å²) in [4.78, 5) is 0. The number of benzene rings is 2. The van der Waals surface area contributed by atoms with Gasteiger partial charge in [0.1, 0.15) is 5.75 Å². The molecule has 100 valence electrons. The maximum absolute atomic E-state index is 5.39. The number of methoxy groups -OCH3 is 1. The number of ether oxygens (including phenoxy) is 1. The predicted octanol–water partition coefficient (Wildman–Crippen LogP) is 4.69. The van der Waals surface area contributed by atoms with Crippen molar-refractivity contribution in [2.45, 2.75) is 20.4 Å². The quantitative estimate of drug-likeness (QED) is 0.883. The Balaban J connectivity index is 2.18. The van der Waals surface area contributed by atoms with Gasteiger partial charge in [0, 0.05) is 22.3 Å². The summed E-state index contributed by atoms with van der Waals surface area (Å²) in [5.41, 5.74) is 4.74. The fraction of sp³-hybridized carbons (Fsp3) is 0.250. The van der Waals surface area contributed by atoms with Gasteiger partial charge in [-0.3, -0.25) is 0 Å². The largest absolute Gasteiger partial charge is 0.496 e. The second-order valence-electron chi connectivity index (χ2n) is 4.65. The molecule has 0 aliphatic rings. The van der Waals surface area contributed by atoms with Crippen molar-refractivity contribution in [1.29, 1.82) is 0 Å². The normalized spacial score (nSPS) is 10.3. The molecular weight excluding hydrogens is 302 g/mol. The van der Waals surface area contributed by atoms with E-state index in [2.05, 4.69) is 65.4 Å². The first-order valence-electron chi connectivity index (χ1n) is 6.23. The predicted molar refractivity (Wildman–Crippen MR) is 83.9 cm³/mol. The van der Waals surface area contributed by atoms with Crippen molar-refractivity contribution in [3.05, 3.63) is 57.6 Å². The lowest BCUT2D eigenvalue weighted by Gasteiger charge is -2.13. The molecule has 0 aliphatic heterocycles. The summed E-state index contributed by atoms with van der Waals surface area (Å²) < 4.78 is 6.46. The Kier molecular flexibility index (Phi) is 4.48. The molecule has 0 atom stereocenters. The Morgan fingerprint density at radius 3 is 2.47 bits per heavy atom. The fourth-order valence-corrected chi connectivity index (χ4v) is 2.40. The van der Waals surface area contributed by atoms with E-state index in [-0.39, 0.29) is 0 Å². The molecule has 0 unspecified atom stereocenters. The number of hydrogen-bond acceptors (Lipinski definition) is 2. The van der Waals surface area contributed by atoms with Crippen LogP contribution < -0.4 is 10.1 Å². The number of nitrogens with one attached hydrogen (secondary N) is 1. The molecule has 0 saturated heterocycles. The number of aryl methyl sites for hydroxylation is 2. The average Bonchev–Trinajstić information content (AvgIpc) is 2.40. The minimum absolute atomic E-state index is 0.743. The third-order valence-corrected chi connectivity index (χ3v) is 3.72. The molecule has 19 heavy (non-hydrogen) atoms. The lowest BCUT2D eigenvalue weighted by atomic mass is 10.1. The molecule has 0 aliphatic carbocycles. The summed E-state index contributed by atoms with van der Waals surface area (Å²) in [5.74, 6) is 0.918. The lowest BCUT2D eigenvalue weighted by Crippen LogP contribution is -2.03. The number of hydrogen-bond donors (Lipinski definition) is 1. The summed E-state index contributed by atoms with van der Waals surface area (Å²) in [5, 5.41) is 3.45. The highest BCUT2D eigenvalue weighted by atomic mass is 79.9. The van der Waals surface area contributed by atoms with Gasteiger partial charge in [0.25, 0.3) is 0 Å². The highest BCUT2D eigenvalue weighted by Crippen LogP contribution is 2.26. The van der Waals surface area contributed by atoms with E-state index in [1.54, 1.807) is 7.11 Å². The van der Waals surface area contributed by atoms with Gasteiger partial charge in [0.15, 0.2) is 0 Å². The van der Waals surface area contributed by atoms with Gasteiger partial charge in [0.2, 0.25) is 0 Å². The maximum atomic E-state index is 5.39. The van der Waals surface area contributed by atoms with Crippen LogP contribution in [0, 0.1) is 13.8 Å². The first kappa shape index (κ1) is 13.9. The molecule has 0 radical (unpaired) electrons. The monoisotopic (exact) mass is 319 g/mol. The first-order valence-corrected chi connectivity index (χ1v) is 7.03. The van der Waals surface area contributed by atoms with Crippen molar-refractivity contribution >= 4 is 21.6 Å². The van der Waals surface area contributed by atoms with E-state index in [0.717, 1.165) is 28.0 Å². The van der Waals surface area contributed by atoms with Crippen molar-refractivity contribution in [2.24, 2.45) is 0 Å². The third kappa shape index (κ3) is 3.51. The number of rotatable bonds is 4. The van der Waals surface area contributed by atoms with Crippen LogP contribution in [0.15, 0.2) is 40.9 Å². The Morgan fingerprint density at radius 2 is 1.74 bits per heavy atom. The highest BCUT2D eigenvalue weighted by molar-refractivity contribution is 9.10. The van der Waals surface area contributed by atoms with Crippen molar-refractivity contribution < 1.29 is 4.74 Å². The molecule has 0 saturated carbocycles. The Hall–Kier alpha value is -1.48. The molecule has 0 fully saturated rings. The van der Waals surface area contributed by atoms with E-state index < -0.39 is 0 Å². The van der Waals surface area contributed by atoms with Crippen molar-refractivity contribution in [3.63, 3.8) is 0 Å². The van der Waals surface area contributed by atoms with Crippen LogP contribution in [0.1, 0.15) is 16.7 Å². The SMILES string of the molecule is COc1ccc(C)cc1CNc1cc(C)ccc1Br. The van der Waals surface area contributed by atoms with Gasteiger partial charge in [-0.15, -0.1) is 0 Å². The van der Waals surface area contributed by atoms with E-state index in [4.69, 9.17) is 4.74 Å². The van der Waals surface area contributed by atoms with Gasteiger partial charge in [-0.1, -0.05) is 23.8 Å². The fourth-order valence-electron chi connectivity index (χ4n) is 2.01. The Labute approximate surface area is 122 Å². The summed E-state index contributed by atoms with van der Waals surface area (Å²) in [7, 11) is 1.71. The molecule has 2 aromatic carbocycles. The molecule has 0 bridgehead atoms. The first-order chi connectivity index (χ1) is 9.10. The topological polar surface area (TPSA) is 21.3 Å². The number of halogens is 1. The van der Waals surface area contributed by atoms with Gasteiger partial charge in [0.05, 0.1) is 7.11 Å². The third-order valence-electron chi connectivity index (χ3n) is 3.03. The van der Waals surface area contributed by atoms with E-state index in [9.17, 15) is 0 Å². The summed E-state index contributed by atoms with van der Waals surface area (Å²) >= 11 is 3.56. The second-order valence-corrected chi connectivity index (χ2v) is 5.51. The van der Waals surface area contributed by atoms with Crippen LogP contribution in [-0.2, 0) is 6.54 Å². The zero-order valence-corrected chi connectivity index (χ0v) is 13.0. The number of anilines is 1. The van der Waals surface area contributed by atoms with Crippen molar-refractivity contribution in [3.8, 4) is 5.75 Å². The molecule has 1 N–H and O–H groups in total. The lowest BCUT2D eigenvalue weighted by molar-refractivity contribution is 0.410. The van der Waals surface area contributed by atoms with Crippen LogP contribution >= 0.6 is 15.9 Å². The van der Waals surface area contributed by atoms with Gasteiger partial charge in [-0.25, -0.2) is 0 Å². The van der Waals surface area contributed by atoms with Crippen molar-refractivity contribution in [2.75, 3.05) is 12.4 Å². The van der Waals surface area contributed by atoms with Crippen LogP contribution in [0.2, 0.25) is 0 Å². The molecule has 0 spiro atoms. The van der Waals surface area contributed by atoms with Crippen LogP contribution in [0.4, 0.5) is 5.69 Å². The van der Waals surface area contributed by atoms with E-state index >= 15 is 0 Å². The van der Waals surface area contributed by atoms with Gasteiger partial charge in [-0.2, -0.15) is 0 Å². The van der Waals surface area contributed by atoms with E-state index in [1.165, 1.54) is 11.1 Å². The molecule has 2 aromatic rings. The second kappa shape index (κ2) is 6.11. The molecule has 3 heteroatoms. The average molecular weight is 320 g/mol.